The van der Waals surface area contributed by atoms with E-state index in [-0.39, 0.29) is 0 Å². The Morgan fingerprint density at radius 3 is 2.78 bits per heavy atom. The van der Waals surface area contributed by atoms with Crippen molar-refractivity contribution in [2.24, 2.45) is 0 Å². The van der Waals surface area contributed by atoms with Gasteiger partial charge < -0.3 is 5.73 Å². The van der Waals surface area contributed by atoms with Gasteiger partial charge in [0.15, 0.2) is 5.65 Å². The summed E-state index contributed by atoms with van der Waals surface area (Å²) in [6, 6.07) is 0. The van der Waals surface area contributed by atoms with Crippen molar-refractivity contribution in [2.75, 3.05) is 12.0 Å². The van der Waals surface area contributed by atoms with Crippen LogP contribution in [0.25, 0.3) is 10.5 Å². The highest BCUT2D eigenvalue weighted by Gasteiger charge is 2.31. The van der Waals surface area contributed by atoms with Crippen LogP contribution >= 0.6 is 11.8 Å². The molecule has 0 spiro atoms. The van der Waals surface area contributed by atoms with Gasteiger partial charge in [-0.05, 0) is 31.9 Å². The minimum absolute atomic E-state index is 0.398. The van der Waals surface area contributed by atoms with Gasteiger partial charge in [0.25, 0.3) is 5.69 Å². The molecule has 1 saturated carbocycles. The van der Waals surface area contributed by atoms with Crippen LogP contribution in [0.3, 0.4) is 0 Å². The summed E-state index contributed by atoms with van der Waals surface area (Å²) in [7, 11) is 0. The number of nitrogens with two attached hydrogens (primary N) is 1. The summed E-state index contributed by atoms with van der Waals surface area (Å²) in [4.78, 5) is 8.05. The van der Waals surface area contributed by atoms with Crippen LogP contribution in [-0.4, -0.2) is 20.9 Å². The van der Waals surface area contributed by atoms with Gasteiger partial charge in [-0.15, -0.1) is 11.8 Å². The lowest BCUT2D eigenvalue weighted by Crippen LogP contribution is -2.02. The first-order valence-corrected chi connectivity index (χ1v) is 7.00. The number of hydrogen-bond donors (Lipinski definition) is 1. The molecule has 2 aromatic rings. The molecule has 5 nitrogen and oxygen atoms in total. The highest BCUT2D eigenvalue weighted by Crippen LogP contribution is 2.44. The summed E-state index contributed by atoms with van der Waals surface area (Å²) >= 11 is 1.45. The second-order valence-corrected chi connectivity index (χ2v) is 5.27. The largest absolute Gasteiger partial charge is 0.392 e. The molecule has 1 aliphatic carbocycles. The van der Waals surface area contributed by atoms with Gasteiger partial charge >= 0.3 is 0 Å². The molecular weight excluding hydrogens is 246 g/mol. The van der Waals surface area contributed by atoms with E-state index in [2.05, 4.69) is 14.9 Å². The summed E-state index contributed by atoms with van der Waals surface area (Å²) in [6.45, 7) is 9.20. The molecule has 0 atom stereocenters. The molecule has 1 fully saturated rings. The van der Waals surface area contributed by atoms with E-state index in [9.17, 15) is 0 Å². The molecule has 92 valence electrons. The Bertz CT molecular complexity index is 678. The topological polar surface area (TPSA) is 60.6 Å². The summed E-state index contributed by atoms with van der Waals surface area (Å²) in [6.07, 6.45) is 4.30. The Morgan fingerprint density at radius 2 is 2.22 bits per heavy atom. The van der Waals surface area contributed by atoms with Crippen LogP contribution in [0.4, 0.5) is 11.5 Å². The third-order valence-corrected chi connectivity index (χ3v) is 3.92. The average Bonchev–Trinajstić information content (AvgIpc) is 3.13. The molecule has 2 N–H and O–H groups in total. The first kappa shape index (κ1) is 11.4. The first-order valence-electron chi connectivity index (χ1n) is 5.77. The highest BCUT2D eigenvalue weighted by molar-refractivity contribution is 7.98. The van der Waals surface area contributed by atoms with Gasteiger partial charge in [0.05, 0.1) is 12.3 Å². The van der Waals surface area contributed by atoms with E-state index in [0.717, 1.165) is 11.3 Å². The Hall–Kier alpha value is -1.74. The molecule has 0 amide bonds. The Balaban J connectivity index is 2.38. The summed E-state index contributed by atoms with van der Waals surface area (Å²) in [5, 5.41) is 5.13. The summed E-state index contributed by atoms with van der Waals surface area (Å²) in [5.41, 5.74) is 9.45. The van der Waals surface area contributed by atoms with Gasteiger partial charge in [-0.3, -0.25) is 0 Å². The van der Waals surface area contributed by atoms with Crippen LogP contribution in [-0.2, 0) is 0 Å². The average molecular weight is 259 g/mol. The van der Waals surface area contributed by atoms with Crippen molar-refractivity contribution < 1.29 is 0 Å². The lowest BCUT2D eigenvalue weighted by Gasteiger charge is -2.06. The van der Waals surface area contributed by atoms with E-state index < -0.39 is 0 Å². The zero-order valence-corrected chi connectivity index (χ0v) is 11.1. The number of anilines is 1. The number of aromatic nitrogens is 3. The molecule has 0 radical (unpaired) electrons. The fourth-order valence-electron chi connectivity index (χ4n) is 2.26. The Labute approximate surface area is 109 Å². The van der Waals surface area contributed by atoms with Crippen molar-refractivity contribution in [3.05, 3.63) is 22.7 Å². The molecule has 0 unspecified atom stereocenters. The van der Waals surface area contributed by atoms with E-state index in [1.165, 1.54) is 30.2 Å². The number of rotatable bonds is 2. The predicted octanol–water partition coefficient (Wildman–Crippen LogP) is 2.77. The number of fused-ring (bicyclic) bond motifs is 1. The van der Waals surface area contributed by atoms with E-state index in [1.807, 2.05) is 13.2 Å². The second kappa shape index (κ2) is 3.89. The standard InChI is InChI=1S/C12H13N5S/c1-6-8(7-4-5-7)11-15-12(18-3)9(14-2)10(13)17(11)16-6/h7H,4-5,13H2,1,3H3. The maximum absolute atomic E-state index is 7.21. The van der Waals surface area contributed by atoms with Gasteiger partial charge in [-0.1, -0.05) is 0 Å². The van der Waals surface area contributed by atoms with Gasteiger partial charge in [0, 0.05) is 5.56 Å². The number of hydrogen-bond acceptors (Lipinski definition) is 4. The molecule has 1 aliphatic rings. The monoisotopic (exact) mass is 259 g/mol. The number of nitrogens with zero attached hydrogens (tertiary/aromatic N) is 4. The van der Waals surface area contributed by atoms with Crippen molar-refractivity contribution in [2.45, 2.75) is 30.7 Å². The van der Waals surface area contributed by atoms with Gasteiger partial charge in [-0.2, -0.15) is 5.10 Å². The number of thioether (sulfide) groups is 1. The molecule has 0 aromatic carbocycles. The Kier molecular flexibility index (Phi) is 2.45. The Morgan fingerprint density at radius 1 is 1.50 bits per heavy atom. The minimum Gasteiger partial charge on any atom is -0.392 e. The molecule has 2 heterocycles. The minimum atomic E-state index is 0.398. The molecule has 2 aromatic heterocycles. The molecule has 6 heteroatoms. The van der Waals surface area contributed by atoms with E-state index in [0.29, 0.717) is 22.4 Å². The van der Waals surface area contributed by atoms with Crippen LogP contribution in [0, 0.1) is 13.5 Å². The molecule has 0 saturated heterocycles. The third kappa shape index (κ3) is 1.47. The highest BCUT2D eigenvalue weighted by atomic mass is 32.2. The van der Waals surface area contributed by atoms with Crippen molar-refractivity contribution in [1.29, 1.82) is 0 Å². The zero-order chi connectivity index (χ0) is 12.9. The zero-order valence-electron chi connectivity index (χ0n) is 10.3. The van der Waals surface area contributed by atoms with Crippen LogP contribution in [0.5, 0.6) is 0 Å². The number of aryl methyl sites for hydroxylation is 1. The van der Waals surface area contributed by atoms with Gasteiger partial charge in [0.1, 0.15) is 10.8 Å². The quantitative estimate of drug-likeness (QED) is 0.512. The first-order chi connectivity index (χ1) is 8.67. The lowest BCUT2D eigenvalue weighted by molar-refractivity contribution is 0.915. The van der Waals surface area contributed by atoms with Crippen LogP contribution in [0.2, 0.25) is 0 Å². The molecule has 0 aliphatic heterocycles. The molecular formula is C12H13N5S. The van der Waals surface area contributed by atoms with Gasteiger partial charge in [0.2, 0.25) is 0 Å². The fraction of sp³-hybridized carbons (Fsp3) is 0.417. The van der Waals surface area contributed by atoms with Crippen molar-refractivity contribution in [1.82, 2.24) is 14.6 Å². The summed E-state index contributed by atoms with van der Waals surface area (Å²) in [5.74, 6) is 0.970. The fourth-order valence-corrected chi connectivity index (χ4v) is 2.78. The molecule has 0 bridgehead atoms. The van der Waals surface area contributed by atoms with Gasteiger partial charge in [-0.25, -0.2) is 14.3 Å². The van der Waals surface area contributed by atoms with E-state index in [1.54, 1.807) is 4.52 Å². The maximum Gasteiger partial charge on any atom is 0.259 e. The predicted molar refractivity (Wildman–Crippen MR) is 72.2 cm³/mol. The van der Waals surface area contributed by atoms with Crippen molar-refractivity contribution in [3.8, 4) is 0 Å². The SMILES string of the molecule is [C-]#[N+]c1c(SC)nc2c(C3CC3)c(C)nn2c1N. The summed E-state index contributed by atoms with van der Waals surface area (Å²) < 4.78 is 1.62. The van der Waals surface area contributed by atoms with Crippen molar-refractivity contribution >= 4 is 28.9 Å². The van der Waals surface area contributed by atoms with E-state index in [4.69, 9.17) is 12.3 Å². The van der Waals surface area contributed by atoms with Crippen LogP contribution in [0.1, 0.15) is 30.0 Å². The lowest BCUT2D eigenvalue weighted by atomic mass is 10.1. The third-order valence-electron chi connectivity index (χ3n) is 3.25. The van der Waals surface area contributed by atoms with Crippen LogP contribution in [0.15, 0.2) is 5.03 Å². The van der Waals surface area contributed by atoms with Crippen LogP contribution < -0.4 is 5.73 Å². The van der Waals surface area contributed by atoms with Crippen molar-refractivity contribution in [3.63, 3.8) is 0 Å². The normalized spacial score (nSPS) is 14.9. The second-order valence-electron chi connectivity index (χ2n) is 4.48. The van der Waals surface area contributed by atoms with E-state index >= 15 is 0 Å². The molecule has 3 rings (SSSR count). The number of nitrogen functional groups attached to an aromatic ring is 1. The molecule has 18 heavy (non-hydrogen) atoms. The smallest absolute Gasteiger partial charge is 0.259 e. The maximum atomic E-state index is 7.21.